The highest BCUT2D eigenvalue weighted by molar-refractivity contribution is 5.92. The molecule has 0 spiro atoms. The Morgan fingerprint density at radius 1 is 1.00 bits per heavy atom. The lowest BCUT2D eigenvalue weighted by Gasteiger charge is -2.34. The highest BCUT2D eigenvalue weighted by Crippen LogP contribution is 2.19. The summed E-state index contributed by atoms with van der Waals surface area (Å²) in [5.41, 5.74) is 3.00. The van der Waals surface area contributed by atoms with Crippen LogP contribution in [0.3, 0.4) is 0 Å². The van der Waals surface area contributed by atoms with Crippen molar-refractivity contribution >= 4 is 17.3 Å². The lowest BCUT2D eigenvalue weighted by atomic mass is 10.1. The zero-order valence-corrected chi connectivity index (χ0v) is 14.9. The first-order valence-corrected chi connectivity index (χ1v) is 8.60. The average Bonchev–Trinajstić information content (AvgIpc) is 2.64. The predicted molar refractivity (Wildman–Crippen MR) is 101 cm³/mol. The summed E-state index contributed by atoms with van der Waals surface area (Å²) in [5, 5.41) is 2.96. The van der Waals surface area contributed by atoms with E-state index in [0.29, 0.717) is 6.42 Å². The highest BCUT2D eigenvalue weighted by Gasteiger charge is 2.14. The minimum Gasteiger partial charge on any atom is -0.497 e. The van der Waals surface area contributed by atoms with Gasteiger partial charge >= 0.3 is 0 Å². The van der Waals surface area contributed by atoms with Crippen LogP contribution < -0.4 is 15.0 Å². The Labute approximate surface area is 149 Å². The first-order chi connectivity index (χ1) is 12.1. The fraction of sp³-hybridized carbons (Fsp3) is 0.350. The number of rotatable bonds is 5. The molecule has 5 nitrogen and oxygen atoms in total. The number of carbonyl (C=O) groups excluding carboxylic acids is 1. The Morgan fingerprint density at radius 2 is 1.64 bits per heavy atom. The van der Waals surface area contributed by atoms with E-state index >= 15 is 0 Å². The fourth-order valence-corrected chi connectivity index (χ4v) is 2.95. The van der Waals surface area contributed by atoms with E-state index < -0.39 is 0 Å². The van der Waals surface area contributed by atoms with E-state index in [-0.39, 0.29) is 5.91 Å². The number of hydrogen-bond acceptors (Lipinski definition) is 4. The molecular weight excluding hydrogens is 314 g/mol. The van der Waals surface area contributed by atoms with Gasteiger partial charge in [0, 0.05) is 37.6 Å². The third-order valence-electron chi connectivity index (χ3n) is 4.54. The molecule has 0 aromatic heterocycles. The summed E-state index contributed by atoms with van der Waals surface area (Å²) in [6, 6.07) is 15.7. The molecule has 0 saturated carbocycles. The van der Waals surface area contributed by atoms with Crippen molar-refractivity contribution in [2.45, 2.75) is 6.42 Å². The topological polar surface area (TPSA) is 44.8 Å². The number of nitrogens with one attached hydrogen (secondary N) is 1. The van der Waals surface area contributed by atoms with Crippen LogP contribution >= 0.6 is 0 Å². The highest BCUT2D eigenvalue weighted by atomic mass is 16.5. The summed E-state index contributed by atoms with van der Waals surface area (Å²) in [4.78, 5) is 16.9. The lowest BCUT2D eigenvalue weighted by molar-refractivity contribution is -0.115. The lowest BCUT2D eigenvalue weighted by Crippen LogP contribution is -2.44. The molecule has 0 atom stereocenters. The number of piperazine rings is 1. The molecule has 1 aliphatic rings. The number of ether oxygens (including phenoxy) is 1. The summed E-state index contributed by atoms with van der Waals surface area (Å²) in [6.45, 7) is 4.25. The standard InChI is InChI=1S/C20H25N3O2/c1-22-11-13-23(14-12-22)18-7-5-17(6-8-18)21-20(24)15-16-3-9-19(25-2)10-4-16/h3-10H,11-15H2,1-2H3,(H,21,24). The van der Waals surface area contributed by atoms with Gasteiger partial charge in [-0.2, -0.15) is 0 Å². The monoisotopic (exact) mass is 339 g/mol. The van der Waals surface area contributed by atoms with Gasteiger partial charge in [0.05, 0.1) is 13.5 Å². The maximum atomic E-state index is 12.2. The van der Waals surface area contributed by atoms with Crippen molar-refractivity contribution in [2.24, 2.45) is 0 Å². The first kappa shape index (κ1) is 17.3. The van der Waals surface area contributed by atoms with Gasteiger partial charge in [0.25, 0.3) is 0 Å². The van der Waals surface area contributed by atoms with E-state index in [1.165, 1.54) is 5.69 Å². The van der Waals surface area contributed by atoms with Gasteiger partial charge in [-0.05, 0) is 49.0 Å². The van der Waals surface area contributed by atoms with E-state index in [1.807, 2.05) is 36.4 Å². The molecule has 132 valence electrons. The first-order valence-electron chi connectivity index (χ1n) is 8.60. The average molecular weight is 339 g/mol. The minimum atomic E-state index is -0.0162. The summed E-state index contributed by atoms with van der Waals surface area (Å²) in [5.74, 6) is 0.779. The smallest absolute Gasteiger partial charge is 0.228 e. The van der Waals surface area contributed by atoms with Crippen molar-refractivity contribution in [3.63, 3.8) is 0 Å². The van der Waals surface area contributed by atoms with Crippen molar-refractivity contribution in [3.05, 3.63) is 54.1 Å². The summed E-state index contributed by atoms with van der Waals surface area (Å²) >= 11 is 0. The number of hydrogen-bond donors (Lipinski definition) is 1. The molecule has 1 aliphatic heterocycles. The molecule has 25 heavy (non-hydrogen) atoms. The Morgan fingerprint density at radius 3 is 2.24 bits per heavy atom. The maximum Gasteiger partial charge on any atom is 0.228 e. The molecule has 1 fully saturated rings. The third-order valence-corrected chi connectivity index (χ3v) is 4.54. The van der Waals surface area contributed by atoms with Gasteiger partial charge in [0.2, 0.25) is 5.91 Å². The molecule has 0 radical (unpaired) electrons. The van der Waals surface area contributed by atoms with Gasteiger partial charge in [-0.3, -0.25) is 4.79 Å². The van der Waals surface area contributed by atoms with E-state index in [9.17, 15) is 4.79 Å². The molecule has 1 saturated heterocycles. The van der Waals surface area contributed by atoms with Crippen LogP contribution in [0.25, 0.3) is 0 Å². The molecule has 0 unspecified atom stereocenters. The quantitative estimate of drug-likeness (QED) is 0.910. The third kappa shape index (κ3) is 4.73. The molecule has 0 bridgehead atoms. The van der Waals surface area contributed by atoms with Crippen molar-refractivity contribution in [2.75, 3.05) is 50.6 Å². The van der Waals surface area contributed by atoms with Crippen LogP contribution in [0.5, 0.6) is 5.75 Å². The van der Waals surface area contributed by atoms with Crippen LogP contribution in [0.15, 0.2) is 48.5 Å². The van der Waals surface area contributed by atoms with E-state index in [2.05, 4.69) is 34.3 Å². The number of likely N-dealkylation sites (N-methyl/N-ethyl adjacent to an activating group) is 1. The molecule has 5 heteroatoms. The second kappa shape index (κ2) is 8.03. The number of carbonyl (C=O) groups is 1. The van der Waals surface area contributed by atoms with Crippen LogP contribution in [-0.4, -0.2) is 51.1 Å². The van der Waals surface area contributed by atoms with Crippen molar-refractivity contribution in [1.29, 1.82) is 0 Å². The van der Waals surface area contributed by atoms with Crippen LogP contribution in [-0.2, 0) is 11.2 Å². The van der Waals surface area contributed by atoms with Gasteiger partial charge < -0.3 is 19.9 Å². The zero-order valence-electron chi connectivity index (χ0n) is 14.9. The second-order valence-corrected chi connectivity index (χ2v) is 6.41. The second-order valence-electron chi connectivity index (χ2n) is 6.41. The zero-order chi connectivity index (χ0) is 17.6. The maximum absolute atomic E-state index is 12.2. The van der Waals surface area contributed by atoms with Gasteiger partial charge in [0.15, 0.2) is 0 Å². The molecule has 1 N–H and O–H groups in total. The fourth-order valence-electron chi connectivity index (χ4n) is 2.95. The SMILES string of the molecule is COc1ccc(CC(=O)Nc2ccc(N3CCN(C)CC3)cc2)cc1. The van der Waals surface area contributed by atoms with Crippen LogP contribution in [0.4, 0.5) is 11.4 Å². The number of nitrogens with zero attached hydrogens (tertiary/aromatic N) is 2. The Kier molecular flexibility index (Phi) is 5.56. The van der Waals surface area contributed by atoms with E-state index in [1.54, 1.807) is 7.11 Å². The van der Waals surface area contributed by atoms with E-state index in [0.717, 1.165) is 43.2 Å². The molecule has 0 aliphatic carbocycles. The van der Waals surface area contributed by atoms with E-state index in [4.69, 9.17) is 4.74 Å². The molecule has 2 aromatic rings. The molecular formula is C20H25N3O2. The van der Waals surface area contributed by atoms with Gasteiger partial charge in [0.1, 0.15) is 5.75 Å². The number of anilines is 2. The largest absolute Gasteiger partial charge is 0.497 e. The normalized spacial score (nSPS) is 15.0. The van der Waals surface area contributed by atoms with Crippen molar-refractivity contribution in [3.8, 4) is 5.75 Å². The van der Waals surface area contributed by atoms with Crippen molar-refractivity contribution < 1.29 is 9.53 Å². The van der Waals surface area contributed by atoms with Gasteiger partial charge in [-0.1, -0.05) is 12.1 Å². The molecule has 1 amide bonds. The number of amides is 1. The number of methoxy groups -OCH3 is 1. The van der Waals surface area contributed by atoms with Crippen LogP contribution in [0.1, 0.15) is 5.56 Å². The molecule has 1 heterocycles. The Bertz CT molecular complexity index is 690. The van der Waals surface area contributed by atoms with Gasteiger partial charge in [-0.15, -0.1) is 0 Å². The minimum absolute atomic E-state index is 0.0162. The van der Waals surface area contributed by atoms with Crippen molar-refractivity contribution in [1.82, 2.24) is 4.90 Å². The number of benzene rings is 2. The Balaban J connectivity index is 1.54. The predicted octanol–water partition coefficient (Wildman–Crippen LogP) is 2.63. The molecule has 3 rings (SSSR count). The van der Waals surface area contributed by atoms with Crippen LogP contribution in [0, 0.1) is 0 Å². The van der Waals surface area contributed by atoms with Gasteiger partial charge in [-0.25, -0.2) is 0 Å². The summed E-state index contributed by atoms with van der Waals surface area (Å²) in [7, 11) is 3.78. The Hall–Kier alpha value is -2.53. The van der Waals surface area contributed by atoms with Crippen LogP contribution in [0.2, 0.25) is 0 Å². The molecule has 2 aromatic carbocycles. The summed E-state index contributed by atoms with van der Waals surface area (Å²) in [6.07, 6.45) is 0.351. The summed E-state index contributed by atoms with van der Waals surface area (Å²) < 4.78 is 5.13.